The van der Waals surface area contributed by atoms with E-state index >= 15 is 0 Å². The van der Waals surface area contributed by atoms with Crippen LogP contribution < -0.4 is 5.73 Å². The highest BCUT2D eigenvalue weighted by Gasteiger charge is 2.16. The Kier molecular flexibility index (Phi) is 5.04. The van der Waals surface area contributed by atoms with Crippen molar-refractivity contribution >= 4 is 29.7 Å². The second-order valence-corrected chi connectivity index (χ2v) is 4.04. The van der Waals surface area contributed by atoms with Gasteiger partial charge in [0.2, 0.25) is 0 Å². The summed E-state index contributed by atoms with van der Waals surface area (Å²) in [5, 5.41) is 10.8. The topological polar surface area (TPSA) is 76.2 Å². The molecule has 80 valence electrons. The predicted octanol–water partition coefficient (Wildman–Crippen LogP) is 1.92. The molecule has 0 radical (unpaired) electrons. The van der Waals surface area contributed by atoms with Gasteiger partial charge in [-0.15, -0.1) is 23.7 Å². The van der Waals surface area contributed by atoms with E-state index in [1.807, 2.05) is 13.8 Å². The monoisotopic (exact) mass is 236 g/mol. The van der Waals surface area contributed by atoms with E-state index in [4.69, 9.17) is 10.8 Å². The Balaban J connectivity index is 0.00000169. The van der Waals surface area contributed by atoms with Gasteiger partial charge in [-0.25, -0.2) is 9.78 Å². The second-order valence-electron chi connectivity index (χ2n) is 3.15. The normalized spacial score (nSPS) is 12.3. The fraction of sp³-hybridized carbons (Fsp3) is 0.500. The first-order chi connectivity index (χ1) is 6.02. The van der Waals surface area contributed by atoms with Crippen molar-refractivity contribution in [3.63, 3.8) is 0 Å². The fourth-order valence-corrected chi connectivity index (χ4v) is 1.79. The molecule has 3 N–H and O–H groups in total. The van der Waals surface area contributed by atoms with Gasteiger partial charge in [-0.05, 0) is 5.92 Å². The van der Waals surface area contributed by atoms with Crippen molar-refractivity contribution in [1.82, 2.24) is 4.98 Å². The van der Waals surface area contributed by atoms with E-state index < -0.39 is 5.97 Å². The van der Waals surface area contributed by atoms with Gasteiger partial charge in [0.15, 0.2) is 5.69 Å². The van der Waals surface area contributed by atoms with Crippen LogP contribution in [-0.2, 0) is 0 Å². The Hall–Kier alpha value is -0.650. The number of halogens is 1. The molecule has 4 nitrogen and oxygen atoms in total. The van der Waals surface area contributed by atoms with Gasteiger partial charge in [-0.1, -0.05) is 13.8 Å². The summed E-state index contributed by atoms with van der Waals surface area (Å²) in [6, 6.07) is -0.168. The maximum atomic E-state index is 10.5. The van der Waals surface area contributed by atoms with Gasteiger partial charge < -0.3 is 10.8 Å². The SMILES string of the molecule is CC(C)[C@H](N)c1nc(C(=O)O)cs1.Cl. The number of aromatic nitrogens is 1. The van der Waals surface area contributed by atoms with Crippen LogP contribution in [0.15, 0.2) is 5.38 Å². The van der Waals surface area contributed by atoms with Gasteiger partial charge >= 0.3 is 5.97 Å². The van der Waals surface area contributed by atoms with Crippen molar-refractivity contribution in [2.75, 3.05) is 0 Å². The average Bonchev–Trinajstić information content (AvgIpc) is 2.50. The van der Waals surface area contributed by atoms with Gasteiger partial charge in [-0.3, -0.25) is 0 Å². The van der Waals surface area contributed by atoms with Crippen LogP contribution in [0.1, 0.15) is 35.4 Å². The molecule has 0 bridgehead atoms. The molecule has 14 heavy (non-hydrogen) atoms. The second kappa shape index (κ2) is 5.29. The fourth-order valence-electron chi connectivity index (χ4n) is 0.824. The van der Waals surface area contributed by atoms with Crippen molar-refractivity contribution in [2.45, 2.75) is 19.9 Å². The Bertz CT molecular complexity index is 314. The minimum atomic E-state index is -1.00. The Morgan fingerprint density at radius 1 is 1.64 bits per heavy atom. The standard InChI is InChI=1S/C8H12N2O2S.ClH/c1-4(2)6(9)7-10-5(3-13-7)8(11)12;/h3-4,6H,9H2,1-2H3,(H,11,12);1H/t6-;/m0./s1. The van der Waals surface area contributed by atoms with Crippen LogP contribution in [0.25, 0.3) is 0 Å². The van der Waals surface area contributed by atoms with Crippen molar-refractivity contribution in [3.8, 4) is 0 Å². The first kappa shape index (κ1) is 13.4. The molecule has 0 aliphatic heterocycles. The van der Waals surface area contributed by atoms with E-state index in [9.17, 15) is 4.79 Å². The molecule has 1 aromatic heterocycles. The summed E-state index contributed by atoms with van der Waals surface area (Å²) in [5.74, 6) is -0.730. The third-order valence-electron chi connectivity index (χ3n) is 1.74. The van der Waals surface area contributed by atoms with Crippen molar-refractivity contribution < 1.29 is 9.90 Å². The zero-order valence-corrected chi connectivity index (χ0v) is 9.56. The molecule has 0 aliphatic carbocycles. The van der Waals surface area contributed by atoms with E-state index in [1.54, 1.807) is 0 Å². The maximum absolute atomic E-state index is 10.5. The molecule has 0 saturated heterocycles. The molecular weight excluding hydrogens is 224 g/mol. The average molecular weight is 237 g/mol. The van der Waals surface area contributed by atoms with Crippen LogP contribution in [0.4, 0.5) is 0 Å². The summed E-state index contributed by atoms with van der Waals surface area (Å²) in [6.07, 6.45) is 0. The highest BCUT2D eigenvalue weighted by molar-refractivity contribution is 7.09. The number of carbonyl (C=O) groups is 1. The minimum absolute atomic E-state index is 0. The van der Waals surface area contributed by atoms with Gasteiger partial charge in [-0.2, -0.15) is 0 Å². The van der Waals surface area contributed by atoms with Crippen molar-refractivity contribution in [2.24, 2.45) is 11.7 Å². The molecule has 0 saturated carbocycles. The van der Waals surface area contributed by atoms with Gasteiger partial charge in [0, 0.05) is 5.38 Å². The third-order valence-corrected chi connectivity index (χ3v) is 2.69. The number of hydrogen-bond acceptors (Lipinski definition) is 4. The van der Waals surface area contributed by atoms with Crippen LogP contribution in [-0.4, -0.2) is 16.1 Å². The van der Waals surface area contributed by atoms with E-state index in [-0.39, 0.29) is 30.1 Å². The van der Waals surface area contributed by atoms with Gasteiger partial charge in [0.1, 0.15) is 5.01 Å². The third kappa shape index (κ3) is 2.94. The Morgan fingerprint density at radius 2 is 2.21 bits per heavy atom. The van der Waals surface area contributed by atoms with Crippen molar-refractivity contribution in [1.29, 1.82) is 0 Å². The summed E-state index contributed by atoms with van der Waals surface area (Å²) in [5.41, 5.74) is 5.89. The summed E-state index contributed by atoms with van der Waals surface area (Å²) >= 11 is 1.30. The number of hydrogen-bond donors (Lipinski definition) is 2. The Morgan fingerprint density at radius 3 is 2.57 bits per heavy atom. The molecule has 0 unspecified atom stereocenters. The first-order valence-electron chi connectivity index (χ1n) is 3.96. The molecule has 1 atom stereocenters. The van der Waals surface area contributed by atoms with E-state index in [2.05, 4.69) is 4.98 Å². The maximum Gasteiger partial charge on any atom is 0.355 e. The van der Waals surface area contributed by atoms with Crippen LogP contribution in [0.2, 0.25) is 0 Å². The van der Waals surface area contributed by atoms with E-state index in [0.717, 1.165) is 0 Å². The van der Waals surface area contributed by atoms with Gasteiger partial charge in [0.05, 0.1) is 6.04 Å². The lowest BCUT2D eigenvalue weighted by Crippen LogP contribution is -2.16. The summed E-state index contributed by atoms with van der Waals surface area (Å²) < 4.78 is 0. The first-order valence-corrected chi connectivity index (χ1v) is 4.84. The molecule has 6 heteroatoms. The zero-order chi connectivity index (χ0) is 10.0. The molecule has 0 aromatic carbocycles. The number of nitrogens with two attached hydrogens (primary N) is 1. The molecule has 1 aromatic rings. The summed E-state index contributed by atoms with van der Waals surface area (Å²) in [7, 11) is 0. The summed E-state index contributed by atoms with van der Waals surface area (Å²) in [4.78, 5) is 14.4. The molecule has 0 amide bonds. The zero-order valence-electron chi connectivity index (χ0n) is 7.93. The molecule has 1 heterocycles. The van der Waals surface area contributed by atoms with Crippen molar-refractivity contribution in [3.05, 3.63) is 16.1 Å². The summed E-state index contributed by atoms with van der Waals surface area (Å²) in [6.45, 7) is 3.96. The predicted molar refractivity (Wildman–Crippen MR) is 58.1 cm³/mol. The van der Waals surface area contributed by atoms with Crippen LogP contribution in [0, 0.1) is 5.92 Å². The lowest BCUT2D eigenvalue weighted by Gasteiger charge is -2.11. The lowest BCUT2D eigenvalue weighted by molar-refractivity contribution is 0.0691. The van der Waals surface area contributed by atoms with Crippen LogP contribution in [0.3, 0.4) is 0 Å². The van der Waals surface area contributed by atoms with E-state index in [1.165, 1.54) is 16.7 Å². The smallest absolute Gasteiger partial charge is 0.355 e. The highest BCUT2D eigenvalue weighted by Crippen LogP contribution is 2.22. The molecule has 0 fully saturated rings. The van der Waals surface area contributed by atoms with E-state index in [0.29, 0.717) is 5.01 Å². The number of thiazole rings is 1. The number of carboxylic acids is 1. The highest BCUT2D eigenvalue weighted by atomic mass is 35.5. The molecule has 0 spiro atoms. The Labute approximate surface area is 92.6 Å². The number of aromatic carboxylic acids is 1. The molecule has 0 aliphatic rings. The molecule has 1 rings (SSSR count). The van der Waals surface area contributed by atoms with Gasteiger partial charge in [0.25, 0.3) is 0 Å². The van der Waals surface area contributed by atoms with Crippen LogP contribution >= 0.6 is 23.7 Å². The largest absolute Gasteiger partial charge is 0.476 e. The minimum Gasteiger partial charge on any atom is -0.476 e. The quantitative estimate of drug-likeness (QED) is 0.841. The number of nitrogens with zero attached hydrogens (tertiary/aromatic N) is 1. The van der Waals surface area contributed by atoms with Crippen LogP contribution in [0.5, 0.6) is 0 Å². The number of carboxylic acid groups (broad SMARTS) is 1. The molecular formula is C8H13ClN2O2S. The lowest BCUT2D eigenvalue weighted by atomic mass is 10.1. The number of rotatable bonds is 3.